The molecule has 1 aromatic heterocycles. The van der Waals surface area contributed by atoms with Crippen molar-refractivity contribution in [3.63, 3.8) is 0 Å². The van der Waals surface area contributed by atoms with E-state index in [2.05, 4.69) is 10.3 Å². The number of aromatic nitrogens is 1. The molecule has 4 nitrogen and oxygen atoms in total. The summed E-state index contributed by atoms with van der Waals surface area (Å²) in [5.74, 6) is 0.769. The Kier molecular flexibility index (Phi) is 5.87. The minimum atomic E-state index is 0.0478. The maximum Gasteiger partial charge on any atom is 0.273 e. The molecule has 2 aromatic rings. The van der Waals surface area contributed by atoms with Crippen LogP contribution in [0.4, 0.5) is 0 Å². The second-order valence-corrected chi connectivity index (χ2v) is 7.47. The van der Waals surface area contributed by atoms with Gasteiger partial charge in [-0.15, -0.1) is 11.3 Å². The summed E-state index contributed by atoms with van der Waals surface area (Å²) in [4.78, 5) is 19.1. The number of likely N-dealkylation sites (tertiary alicyclic amines) is 1. The fourth-order valence-electron chi connectivity index (χ4n) is 3.06. The van der Waals surface area contributed by atoms with Crippen molar-refractivity contribution in [3.8, 4) is 10.6 Å². The molecule has 0 unspecified atom stereocenters. The lowest BCUT2D eigenvalue weighted by Crippen LogP contribution is -2.39. The van der Waals surface area contributed by atoms with E-state index >= 15 is 0 Å². The first-order valence-electron chi connectivity index (χ1n) is 8.32. The number of rotatable bonds is 5. The lowest BCUT2D eigenvalue weighted by molar-refractivity contribution is 0.0682. The van der Waals surface area contributed by atoms with Crippen molar-refractivity contribution in [1.82, 2.24) is 15.2 Å². The Morgan fingerprint density at radius 2 is 2.21 bits per heavy atom. The Labute approximate surface area is 151 Å². The lowest BCUT2D eigenvalue weighted by Gasteiger charge is -2.31. The molecule has 0 spiro atoms. The molecule has 128 valence electrons. The molecule has 2 heterocycles. The maximum atomic E-state index is 12.7. The number of halogens is 1. The minimum absolute atomic E-state index is 0.0478. The van der Waals surface area contributed by atoms with Crippen molar-refractivity contribution in [1.29, 1.82) is 0 Å². The Balaban J connectivity index is 1.62. The zero-order valence-electron chi connectivity index (χ0n) is 13.8. The third kappa shape index (κ3) is 4.15. The number of nitrogens with zero attached hydrogens (tertiary/aromatic N) is 2. The van der Waals surface area contributed by atoms with Gasteiger partial charge >= 0.3 is 0 Å². The molecule has 1 N–H and O–H groups in total. The number of carbonyl (C=O) groups is 1. The van der Waals surface area contributed by atoms with Crippen molar-refractivity contribution in [3.05, 3.63) is 40.4 Å². The third-order valence-electron chi connectivity index (χ3n) is 4.50. The molecule has 24 heavy (non-hydrogen) atoms. The SMILES string of the molecule is CNCCC1CCN(C(=O)c2csc(-c3cccc(Cl)c3)n2)CC1. The van der Waals surface area contributed by atoms with E-state index in [9.17, 15) is 4.79 Å². The van der Waals surface area contributed by atoms with Crippen LogP contribution in [0, 0.1) is 5.92 Å². The molecule has 1 aliphatic rings. The van der Waals surface area contributed by atoms with Crippen LogP contribution < -0.4 is 5.32 Å². The Bertz CT molecular complexity index is 695. The average Bonchev–Trinajstić information content (AvgIpc) is 3.10. The van der Waals surface area contributed by atoms with Crippen molar-refractivity contribution >= 4 is 28.8 Å². The summed E-state index contributed by atoms with van der Waals surface area (Å²) in [5.41, 5.74) is 1.50. The van der Waals surface area contributed by atoms with Gasteiger partial charge in [0.05, 0.1) is 0 Å². The van der Waals surface area contributed by atoms with Crippen LogP contribution >= 0.6 is 22.9 Å². The Morgan fingerprint density at radius 3 is 2.92 bits per heavy atom. The van der Waals surface area contributed by atoms with Gasteiger partial charge in [-0.25, -0.2) is 4.98 Å². The predicted octanol–water partition coefficient (Wildman–Crippen LogP) is 3.93. The van der Waals surface area contributed by atoms with E-state index in [0.717, 1.165) is 49.0 Å². The lowest BCUT2D eigenvalue weighted by atomic mass is 9.93. The number of hydrogen-bond donors (Lipinski definition) is 1. The van der Waals surface area contributed by atoms with Crippen LogP contribution in [-0.4, -0.2) is 42.5 Å². The second-order valence-electron chi connectivity index (χ2n) is 6.18. The van der Waals surface area contributed by atoms with Gasteiger partial charge in [-0.1, -0.05) is 23.7 Å². The molecule has 0 radical (unpaired) electrons. The monoisotopic (exact) mass is 363 g/mol. The number of nitrogens with one attached hydrogen (secondary N) is 1. The summed E-state index contributed by atoms with van der Waals surface area (Å²) in [7, 11) is 1.98. The van der Waals surface area contributed by atoms with Crippen LogP contribution in [-0.2, 0) is 0 Å². The fraction of sp³-hybridized carbons (Fsp3) is 0.444. The number of benzene rings is 1. The average molecular weight is 364 g/mol. The van der Waals surface area contributed by atoms with Crippen LogP contribution in [0.3, 0.4) is 0 Å². The molecule has 1 saturated heterocycles. The van der Waals surface area contributed by atoms with Gasteiger partial charge in [-0.2, -0.15) is 0 Å². The first kappa shape index (κ1) is 17.4. The highest BCUT2D eigenvalue weighted by molar-refractivity contribution is 7.13. The van der Waals surface area contributed by atoms with Crippen molar-refractivity contribution in [2.24, 2.45) is 5.92 Å². The van der Waals surface area contributed by atoms with Gasteiger partial charge < -0.3 is 10.2 Å². The van der Waals surface area contributed by atoms with E-state index in [-0.39, 0.29) is 5.91 Å². The summed E-state index contributed by atoms with van der Waals surface area (Å²) >= 11 is 7.52. The summed E-state index contributed by atoms with van der Waals surface area (Å²) in [6.45, 7) is 2.71. The number of hydrogen-bond acceptors (Lipinski definition) is 4. The molecule has 0 bridgehead atoms. The maximum absolute atomic E-state index is 12.7. The predicted molar refractivity (Wildman–Crippen MR) is 99.7 cm³/mol. The minimum Gasteiger partial charge on any atom is -0.337 e. The van der Waals surface area contributed by atoms with E-state index in [0.29, 0.717) is 10.7 Å². The van der Waals surface area contributed by atoms with Crippen LogP contribution in [0.2, 0.25) is 5.02 Å². The van der Waals surface area contributed by atoms with Gasteiger partial charge in [-0.3, -0.25) is 4.79 Å². The third-order valence-corrected chi connectivity index (χ3v) is 5.63. The molecule has 1 fully saturated rings. The first-order valence-corrected chi connectivity index (χ1v) is 9.58. The van der Waals surface area contributed by atoms with Crippen LogP contribution in [0.25, 0.3) is 10.6 Å². The van der Waals surface area contributed by atoms with Gasteiger partial charge in [0.1, 0.15) is 10.7 Å². The summed E-state index contributed by atoms with van der Waals surface area (Å²) in [6.07, 6.45) is 3.35. The normalized spacial score (nSPS) is 15.7. The second kappa shape index (κ2) is 8.10. The van der Waals surface area contributed by atoms with E-state index in [1.54, 1.807) is 0 Å². The molecule has 6 heteroatoms. The fourth-order valence-corrected chi connectivity index (χ4v) is 4.04. The molecular weight excluding hydrogens is 342 g/mol. The zero-order valence-corrected chi connectivity index (χ0v) is 15.4. The zero-order chi connectivity index (χ0) is 16.9. The molecule has 1 aliphatic heterocycles. The molecule has 1 amide bonds. The molecular formula is C18H22ClN3OS. The molecule has 1 aromatic carbocycles. The Morgan fingerprint density at radius 1 is 1.42 bits per heavy atom. The number of piperidine rings is 1. The van der Waals surface area contributed by atoms with Crippen LogP contribution in [0.1, 0.15) is 29.8 Å². The standard InChI is InChI=1S/C18H22ClN3OS/c1-20-8-5-13-6-9-22(10-7-13)18(23)16-12-24-17(21-16)14-3-2-4-15(19)11-14/h2-4,11-13,20H,5-10H2,1H3. The summed E-state index contributed by atoms with van der Waals surface area (Å²) < 4.78 is 0. The molecule has 0 atom stereocenters. The van der Waals surface area contributed by atoms with E-state index in [4.69, 9.17) is 11.6 Å². The van der Waals surface area contributed by atoms with E-state index < -0.39 is 0 Å². The van der Waals surface area contributed by atoms with Crippen molar-refractivity contribution in [2.75, 3.05) is 26.7 Å². The van der Waals surface area contributed by atoms with Gasteiger partial charge in [-0.05, 0) is 50.9 Å². The number of carbonyl (C=O) groups excluding carboxylic acids is 1. The van der Waals surface area contributed by atoms with Gasteiger partial charge in [0, 0.05) is 29.1 Å². The topological polar surface area (TPSA) is 45.2 Å². The van der Waals surface area contributed by atoms with Crippen molar-refractivity contribution < 1.29 is 4.79 Å². The molecule has 0 saturated carbocycles. The van der Waals surface area contributed by atoms with E-state index in [1.807, 2.05) is 41.6 Å². The van der Waals surface area contributed by atoms with Gasteiger partial charge in [0.2, 0.25) is 0 Å². The smallest absolute Gasteiger partial charge is 0.273 e. The van der Waals surface area contributed by atoms with Crippen molar-refractivity contribution in [2.45, 2.75) is 19.3 Å². The van der Waals surface area contributed by atoms with E-state index in [1.165, 1.54) is 17.8 Å². The van der Waals surface area contributed by atoms with Gasteiger partial charge in [0.15, 0.2) is 0 Å². The molecule has 0 aliphatic carbocycles. The highest BCUT2D eigenvalue weighted by atomic mass is 35.5. The molecule has 3 rings (SSSR count). The number of thiazole rings is 1. The Hall–Kier alpha value is -1.43. The highest BCUT2D eigenvalue weighted by Gasteiger charge is 2.25. The van der Waals surface area contributed by atoms with Crippen LogP contribution in [0.5, 0.6) is 0 Å². The quantitative estimate of drug-likeness (QED) is 0.875. The number of amides is 1. The first-order chi connectivity index (χ1) is 11.7. The highest BCUT2D eigenvalue weighted by Crippen LogP contribution is 2.27. The summed E-state index contributed by atoms with van der Waals surface area (Å²) in [6, 6.07) is 7.58. The summed E-state index contributed by atoms with van der Waals surface area (Å²) in [5, 5.41) is 6.57. The van der Waals surface area contributed by atoms with Gasteiger partial charge in [0.25, 0.3) is 5.91 Å². The largest absolute Gasteiger partial charge is 0.337 e. The van der Waals surface area contributed by atoms with Crippen LogP contribution in [0.15, 0.2) is 29.6 Å².